The van der Waals surface area contributed by atoms with E-state index in [1.807, 2.05) is 31.2 Å². The lowest BCUT2D eigenvalue weighted by atomic mass is 9.95. The number of ether oxygens (including phenoxy) is 1. The normalized spacial score (nSPS) is 13.4. The Kier molecular flexibility index (Phi) is 7.01. The monoisotopic (exact) mass is 398 g/mol. The number of anilines is 1. The molecule has 1 heterocycles. The van der Waals surface area contributed by atoms with E-state index >= 15 is 0 Å². The number of carbonyl (C=O) groups excluding carboxylic acids is 2. The Morgan fingerprint density at radius 1 is 1.18 bits per heavy atom. The van der Waals surface area contributed by atoms with Gasteiger partial charge in [-0.05, 0) is 49.8 Å². The molecule has 1 aliphatic carbocycles. The third kappa shape index (κ3) is 5.09. The average Bonchev–Trinajstić information content (AvgIpc) is 3.05. The van der Waals surface area contributed by atoms with Crippen molar-refractivity contribution < 1.29 is 14.3 Å². The van der Waals surface area contributed by atoms with Crippen LogP contribution in [0.5, 0.6) is 0 Å². The molecule has 0 saturated heterocycles. The quantitative estimate of drug-likeness (QED) is 0.548. The summed E-state index contributed by atoms with van der Waals surface area (Å²) in [6.07, 6.45) is 7.33. The molecule has 5 nitrogen and oxygen atoms in total. The van der Waals surface area contributed by atoms with E-state index in [2.05, 4.69) is 10.6 Å². The summed E-state index contributed by atoms with van der Waals surface area (Å²) in [4.78, 5) is 26.4. The van der Waals surface area contributed by atoms with Gasteiger partial charge < -0.3 is 15.4 Å². The van der Waals surface area contributed by atoms with Crippen LogP contribution in [0.3, 0.4) is 0 Å². The number of aryl methyl sites for hydroxylation is 2. The Hall–Kier alpha value is -2.44. The Morgan fingerprint density at radius 2 is 1.93 bits per heavy atom. The molecule has 2 amide bonds. The van der Waals surface area contributed by atoms with E-state index in [-0.39, 0.29) is 11.8 Å². The largest absolute Gasteiger partial charge is 0.383 e. The topological polar surface area (TPSA) is 67.4 Å². The summed E-state index contributed by atoms with van der Waals surface area (Å²) >= 11 is 1.52. The fourth-order valence-electron chi connectivity index (χ4n) is 3.25. The van der Waals surface area contributed by atoms with Crippen molar-refractivity contribution in [2.75, 3.05) is 25.6 Å². The highest BCUT2D eigenvalue weighted by molar-refractivity contribution is 7.17. The number of hydrogen-bond donors (Lipinski definition) is 2. The zero-order valence-electron chi connectivity index (χ0n) is 16.3. The van der Waals surface area contributed by atoms with Gasteiger partial charge in [0, 0.05) is 24.6 Å². The minimum absolute atomic E-state index is 0.144. The summed E-state index contributed by atoms with van der Waals surface area (Å²) in [5.74, 6) is -0.376. The molecule has 1 aromatic carbocycles. The maximum atomic E-state index is 12.7. The molecule has 0 spiro atoms. The molecule has 0 atom stereocenters. The van der Waals surface area contributed by atoms with E-state index in [9.17, 15) is 9.59 Å². The molecule has 6 heteroatoms. The highest BCUT2D eigenvalue weighted by Crippen LogP contribution is 2.38. The van der Waals surface area contributed by atoms with Crippen molar-refractivity contribution in [3.63, 3.8) is 0 Å². The molecule has 0 unspecified atom stereocenters. The van der Waals surface area contributed by atoms with E-state index in [4.69, 9.17) is 4.74 Å². The SMILES string of the molecule is COCCNC(=O)c1c(NC(=O)/C=C/c2ccc(C)cc2)sc2c1CCCC2. The van der Waals surface area contributed by atoms with Gasteiger partial charge in [-0.25, -0.2) is 0 Å². The second kappa shape index (κ2) is 9.66. The molecule has 0 radical (unpaired) electrons. The number of methoxy groups -OCH3 is 1. The van der Waals surface area contributed by atoms with Crippen molar-refractivity contribution in [3.8, 4) is 0 Å². The lowest BCUT2D eigenvalue weighted by molar-refractivity contribution is -0.111. The second-order valence-corrected chi connectivity index (χ2v) is 8.00. The van der Waals surface area contributed by atoms with E-state index < -0.39 is 0 Å². The Balaban J connectivity index is 1.76. The van der Waals surface area contributed by atoms with E-state index in [1.165, 1.54) is 27.9 Å². The molecule has 0 aliphatic heterocycles. The minimum Gasteiger partial charge on any atom is -0.383 e. The molecule has 2 aromatic rings. The summed E-state index contributed by atoms with van der Waals surface area (Å²) in [5, 5.41) is 6.45. The molecule has 2 N–H and O–H groups in total. The van der Waals surface area contributed by atoms with Gasteiger partial charge in [0.1, 0.15) is 5.00 Å². The van der Waals surface area contributed by atoms with Crippen molar-refractivity contribution in [3.05, 3.63) is 57.5 Å². The van der Waals surface area contributed by atoms with Crippen molar-refractivity contribution in [2.45, 2.75) is 32.6 Å². The number of fused-ring (bicyclic) bond motifs is 1. The molecule has 0 saturated carbocycles. The fraction of sp³-hybridized carbons (Fsp3) is 0.364. The Morgan fingerprint density at radius 3 is 2.68 bits per heavy atom. The molecule has 0 bridgehead atoms. The molecular formula is C22H26N2O3S. The van der Waals surface area contributed by atoms with Crippen LogP contribution in [0, 0.1) is 6.92 Å². The summed E-state index contributed by atoms with van der Waals surface area (Å²) < 4.78 is 5.01. The highest BCUT2D eigenvalue weighted by atomic mass is 32.1. The first-order valence-corrected chi connectivity index (χ1v) is 10.4. The fourth-order valence-corrected chi connectivity index (χ4v) is 4.54. The second-order valence-electron chi connectivity index (χ2n) is 6.90. The summed E-state index contributed by atoms with van der Waals surface area (Å²) in [6, 6.07) is 7.95. The average molecular weight is 399 g/mol. The van der Waals surface area contributed by atoms with Crippen LogP contribution in [-0.4, -0.2) is 32.1 Å². The number of thiophene rings is 1. The molecule has 0 fully saturated rings. The Bertz CT molecular complexity index is 869. The van der Waals surface area contributed by atoms with Gasteiger partial charge in [-0.2, -0.15) is 0 Å². The molecule has 3 rings (SSSR count). The van der Waals surface area contributed by atoms with Crippen molar-refractivity contribution >= 4 is 34.2 Å². The van der Waals surface area contributed by atoms with Crippen LogP contribution < -0.4 is 10.6 Å². The highest BCUT2D eigenvalue weighted by Gasteiger charge is 2.25. The predicted molar refractivity (Wildman–Crippen MR) is 114 cm³/mol. The molecule has 148 valence electrons. The number of amides is 2. The minimum atomic E-state index is -0.231. The van der Waals surface area contributed by atoms with Crippen LogP contribution in [0.1, 0.15) is 44.8 Å². The number of rotatable bonds is 7. The maximum absolute atomic E-state index is 12.7. The van der Waals surface area contributed by atoms with E-state index in [0.29, 0.717) is 23.7 Å². The molecule has 1 aromatic heterocycles. The van der Waals surface area contributed by atoms with E-state index in [1.54, 1.807) is 13.2 Å². The van der Waals surface area contributed by atoms with Crippen LogP contribution in [-0.2, 0) is 22.4 Å². The van der Waals surface area contributed by atoms with Crippen LogP contribution >= 0.6 is 11.3 Å². The van der Waals surface area contributed by atoms with Crippen molar-refractivity contribution in [1.82, 2.24) is 5.32 Å². The maximum Gasteiger partial charge on any atom is 0.254 e. The van der Waals surface area contributed by atoms with Crippen LogP contribution in [0.2, 0.25) is 0 Å². The lowest BCUT2D eigenvalue weighted by Gasteiger charge is -2.13. The Labute approximate surface area is 169 Å². The third-order valence-corrected chi connectivity index (χ3v) is 5.94. The zero-order valence-corrected chi connectivity index (χ0v) is 17.2. The predicted octanol–water partition coefficient (Wildman–Crippen LogP) is 3.96. The van der Waals surface area contributed by atoms with Gasteiger partial charge in [-0.1, -0.05) is 29.8 Å². The number of nitrogens with one attached hydrogen (secondary N) is 2. The summed E-state index contributed by atoms with van der Waals surface area (Å²) in [7, 11) is 1.60. The number of benzene rings is 1. The smallest absolute Gasteiger partial charge is 0.254 e. The standard InChI is InChI=1S/C22H26N2O3S/c1-15-7-9-16(10-8-15)11-12-19(25)24-22-20(21(26)23-13-14-27-2)17-5-3-4-6-18(17)28-22/h7-12H,3-6,13-14H2,1-2H3,(H,23,26)(H,24,25)/b12-11+. The first kappa shape index (κ1) is 20.3. The van der Waals surface area contributed by atoms with Gasteiger partial charge in [0.25, 0.3) is 5.91 Å². The number of hydrogen-bond acceptors (Lipinski definition) is 4. The first-order chi connectivity index (χ1) is 13.6. The van der Waals surface area contributed by atoms with Gasteiger partial charge in [-0.3, -0.25) is 9.59 Å². The zero-order chi connectivity index (χ0) is 19.9. The molecule has 1 aliphatic rings. The molecular weight excluding hydrogens is 372 g/mol. The first-order valence-electron chi connectivity index (χ1n) is 9.56. The van der Waals surface area contributed by atoms with Gasteiger partial charge in [0.15, 0.2) is 0 Å². The van der Waals surface area contributed by atoms with Gasteiger partial charge >= 0.3 is 0 Å². The van der Waals surface area contributed by atoms with Crippen LogP contribution in [0.25, 0.3) is 6.08 Å². The van der Waals surface area contributed by atoms with Gasteiger partial charge in [0.05, 0.1) is 12.2 Å². The van der Waals surface area contributed by atoms with Gasteiger partial charge in [-0.15, -0.1) is 11.3 Å². The summed E-state index contributed by atoms with van der Waals surface area (Å²) in [5.41, 5.74) is 3.84. The van der Waals surface area contributed by atoms with Crippen LogP contribution in [0.15, 0.2) is 30.3 Å². The van der Waals surface area contributed by atoms with Crippen molar-refractivity contribution in [1.29, 1.82) is 0 Å². The molecule has 28 heavy (non-hydrogen) atoms. The number of carbonyl (C=O) groups is 2. The van der Waals surface area contributed by atoms with E-state index in [0.717, 1.165) is 36.8 Å². The van der Waals surface area contributed by atoms with Gasteiger partial charge in [0.2, 0.25) is 5.91 Å². The lowest BCUT2D eigenvalue weighted by Crippen LogP contribution is -2.28. The van der Waals surface area contributed by atoms with Crippen molar-refractivity contribution in [2.24, 2.45) is 0 Å². The summed E-state index contributed by atoms with van der Waals surface area (Å²) in [6.45, 7) is 2.93. The van der Waals surface area contributed by atoms with Crippen LogP contribution in [0.4, 0.5) is 5.00 Å². The third-order valence-electron chi connectivity index (χ3n) is 4.73.